The molecule has 2 rings (SSSR count). The van der Waals surface area contributed by atoms with Crippen molar-refractivity contribution in [1.82, 2.24) is 0 Å². The fourth-order valence-corrected chi connectivity index (χ4v) is 3.17. The van der Waals surface area contributed by atoms with Crippen molar-refractivity contribution in [1.29, 1.82) is 0 Å². The van der Waals surface area contributed by atoms with E-state index in [2.05, 4.69) is 66.7 Å². The molecule has 0 N–H and O–H groups in total. The lowest BCUT2D eigenvalue weighted by molar-refractivity contribution is 0.125. The largest absolute Gasteiger partial charge is 0.0590 e. The molecular formula is C16H24. The highest BCUT2D eigenvalue weighted by atomic mass is 14.6. The van der Waals surface area contributed by atoms with Gasteiger partial charge >= 0.3 is 0 Å². The third-order valence-corrected chi connectivity index (χ3v) is 5.65. The summed E-state index contributed by atoms with van der Waals surface area (Å²) in [6.07, 6.45) is 0. The molecule has 0 amide bonds. The van der Waals surface area contributed by atoms with Gasteiger partial charge in [0.05, 0.1) is 0 Å². The molecule has 0 nitrogen and oxygen atoms in total. The van der Waals surface area contributed by atoms with E-state index in [-0.39, 0.29) is 16.2 Å². The lowest BCUT2D eigenvalue weighted by Crippen LogP contribution is -2.42. The van der Waals surface area contributed by atoms with Gasteiger partial charge in [-0.3, -0.25) is 0 Å². The summed E-state index contributed by atoms with van der Waals surface area (Å²) in [5, 5.41) is 0. The van der Waals surface area contributed by atoms with Crippen LogP contribution in [0.5, 0.6) is 0 Å². The van der Waals surface area contributed by atoms with Crippen molar-refractivity contribution in [2.45, 2.75) is 59.3 Å². The first kappa shape index (κ1) is 11.7. The Hall–Kier alpha value is -0.780. The number of hydrogen-bond acceptors (Lipinski definition) is 0. The number of benzene rings is 1. The van der Waals surface area contributed by atoms with Crippen LogP contribution in [0.1, 0.15) is 58.2 Å². The van der Waals surface area contributed by atoms with E-state index in [9.17, 15) is 0 Å². The first-order valence-corrected chi connectivity index (χ1v) is 6.24. The molecule has 0 saturated heterocycles. The average molecular weight is 216 g/mol. The van der Waals surface area contributed by atoms with Gasteiger partial charge in [0.1, 0.15) is 0 Å². The summed E-state index contributed by atoms with van der Waals surface area (Å²) >= 11 is 0. The second-order valence-corrected chi connectivity index (χ2v) is 6.92. The Kier molecular flexibility index (Phi) is 2.13. The summed E-state index contributed by atoms with van der Waals surface area (Å²) in [7, 11) is 0. The van der Waals surface area contributed by atoms with E-state index in [4.69, 9.17) is 0 Å². The summed E-state index contributed by atoms with van der Waals surface area (Å²) in [5.74, 6) is 0. The normalized spacial score (nSPS) is 24.2. The molecule has 1 aromatic rings. The molecule has 0 aromatic heterocycles. The maximum Gasteiger partial charge on any atom is -0.00411 e. The molecule has 0 atom stereocenters. The van der Waals surface area contributed by atoms with E-state index in [0.717, 1.165) is 0 Å². The van der Waals surface area contributed by atoms with Crippen LogP contribution in [0, 0.1) is 12.3 Å². The zero-order chi connectivity index (χ0) is 12.4. The van der Waals surface area contributed by atoms with Crippen LogP contribution < -0.4 is 0 Å². The second-order valence-electron chi connectivity index (χ2n) is 6.92. The molecule has 0 aliphatic heterocycles. The summed E-state index contributed by atoms with van der Waals surface area (Å²) < 4.78 is 0. The van der Waals surface area contributed by atoms with E-state index in [1.807, 2.05) is 0 Å². The van der Waals surface area contributed by atoms with Crippen LogP contribution in [0.25, 0.3) is 0 Å². The first-order valence-electron chi connectivity index (χ1n) is 6.24. The number of fused-ring (bicyclic) bond motifs is 1. The van der Waals surface area contributed by atoms with Crippen molar-refractivity contribution in [3.63, 3.8) is 0 Å². The lowest BCUT2D eigenvalue weighted by atomic mass is 9.59. The predicted octanol–water partition coefficient (Wildman–Crippen LogP) is 4.59. The summed E-state index contributed by atoms with van der Waals surface area (Å²) in [5.41, 5.74) is 5.24. The van der Waals surface area contributed by atoms with E-state index >= 15 is 0 Å². The van der Waals surface area contributed by atoms with E-state index in [1.165, 1.54) is 11.1 Å². The van der Waals surface area contributed by atoms with Gasteiger partial charge in [0.2, 0.25) is 0 Å². The van der Waals surface area contributed by atoms with E-state index < -0.39 is 0 Å². The highest BCUT2D eigenvalue weighted by molar-refractivity contribution is 5.49. The van der Waals surface area contributed by atoms with Crippen LogP contribution in [-0.2, 0) is 10.8 Å². The van der Waals surface area contributed by atoms with Crippen molar-refractivity contribution in [3.05, 3.63) is 34.9 Å². The van der Waals surface area contributed by atoms with Gasteiger partial charge < -0.3 is 0 Å². The fraction of sp³-hybridized carbons (Fsp3) is 0.625. The third kappa shape index (κ3) is 1.11. The molecule has 0 heteroatoms. The van der Waals surface area contributed by atoms with Gasteiger partial charge in [-0.05, 0) is 34.3 Å². The Morgan fingerprint density at radius 3 is 1.81 bits per heavy atom. The lowest BCUT2D eigenvalue weighted by Gasteiger charge is -2.44. The summed E-state index contributed by atoms with van der Waals surface area (Å²) in [6, 6.07) is 6.96. The highest BCUT2D eigenvalue weighted by Crippen LogP contribution is 2.61. The maximum absolute atomic E-state index is 2.41. The van der Waals surface area contributed by atoms with Gasteiger partial charge in [-0.1, -0.05) is 65.3 Å². The predicted molar refractivity (Wildman–Crippen MR) is 71.0 cm³/mol. The number of rotatable bonds is 0. The van der Waals surface area contributed by atoms with Gasteiger partial charge in [0, 0.05) is 0 Å². The minimum absolute atomic E-state index is 0.248. The first-order chi connectivity index (χ1) is 7.12. The molecule has 16 heavy (non-hydrogen) atoms. The molecular weight excluding hydrogens is 192 g/mol. The molecule has 0 bridgehead atoms. The molecule has 1 aliphatic carbocycles. The van der Waals surface area contributed by atoms with Crippen molar-refractivity contribution < 1.29 is 0 Å². The van der Waals surface area contributed by atoms with Crippen molar-refractivity contribution in [2.24, 2.45) is 5.41 Å². The quantitative estimate of drug-likeness (QED) is 0.595. The van der Waals surface area contributed by atoms with Gasteiger partial charge in [0.25, 0.3) is 0 Å². The Bertz CT molecular complexity index is 433. The maximum atomic E-state index is 2.41. The van der Waals surface area contributed by atoms with Crippen molar-refractivity contribution in [2.75, 3.05) is 0 Å². The Balaban J connectivity index is 2.79. The standard InChI is InChI=1S/C16H24/c1-11-8-9-12-13(10-11)15(4,5)16(6,7)14(12,2)3/h8-10H,1-7H3. The van der Waals surface area contributed by atoms with Crippen LogP contribution in [0.3, 0.4) is 0 Å². The molecule has 1 aromatic carbocycles. The zero-order valence-electron chi connectivity index (χ0n) is 11.7. The molecule has 0 radical (unpaired) electrons. The smallest absolute Gasteiger partial charge is 0.00411 e. The van der Waals surface area contributed by atoms with Crippen molar-refractivity contribution in [3.8, 4) is 0 Å². The van der Waals surface area contributed by atoms with Crippen LogP contribution in [0.15, 0.2) is 18.2 Å². The van der Waals surface area contributed by atoms with Crippen LogP contribution in [0.4, 0.5) is 0 Å². The topological polar surface area (TPSA) is 0 Å². The summed E-state index contributed by atoms with van der Waals surface area (Å²) in [6.45, 7) is 16.5. The molecule has 0 spiro atoms. The molecule has 1 aliphatic rings. The number of aryl methyl sites for hydroxylation is 1. The SMILES string of the molecule is Cc1ccc2c(c1)C(C)(C)C(C)(C)C2(C)C. The molecule has 88 valence electrons. The molecule has 0 heterocycles. The highest BCUT2D eigenvalue weighted by Gasteiger charge is 2.56. The van der Waals surface area contributed by atoms with Gasteiger partial charge in [0.15, 0.2) is 0 Å². The number of hydrogen-bond donors (Lipinski definition) is 0. The molecule has 0 unspecified atom stereocenters. The fourth-order valence-electron chi connectivity index (χ4n) is 3.17. The Morgan fingerprint density at radius 2 is 1.25 bits per heavy atom. The van der Waals surface area contributed by atoms with Gasteiger partial charge in [-0.15, -0.1) is 0 Å². The molecule has 0 saturated carbocycles. The Labute approximate surface area is 100 Å². The van der Waals surface area contributed by atoms with Crippen LogP contribution >= 0.6 is 0 Å². The van der Waals surface area contributed by atoms with E-state index in [0.29, 0.717) is 0 Å². The third-order valence-electron chi connectivity index (χ3n) is 5.65. The van der Waals surface area contributed by atoms with E-state index in [1.54, 1.807) is 5.56 Å². The minimum atomic E-state index is 0.248. The van der Waals surface area contributed by atoms with Crippen molar-refractivity contribution >= 4 is 0 Å². The van der Waals surface area contributed by atoms with Crippen LogP contribution in [0.2, 0.25) is 0 Å². The monoisotopic (exact) mass is 216 g/mol. The average Bonchev–Trinajstić information content (AvgIpc) is 2.24. The van der Waals surface area contributed by atoms with Gasteiger partial charge in [-0.2, -0.15) is 0 Å². The van der Waals surface area contributed by atoms with Gasteiger partial charge in [-0.25, -0.2) is 0 Å². The Morgan fingerprint density at radius 1 is 0.750 bits per heavy atom. The summed E-state index contributed by atoms with van der Waals surface area (Å²) in [4.78, 5) is 0. The minimum Gasteiger partial charge on any atom is -0.0590 e. The second kappa shape index (κ2) is 2.91. The molecule has 0 fully saturated rings. The van der Waals surface area contributed by atoms with Crippen LogP contribution in [-0.4, -0.2) is 0 Å². The zero-order valence-corrected chi connectivity index (χ0v) is 11.7.